The monoisotopic (exact) mass is 240 g/mol. The fourth-order valence-electron chi connectivity index (χ4n) is 1.24. The van der Waals surface area contributed by atoms with Crippen LogP contribution in [0.3, 0.4) is 0 Å². The van der Waals surface area contributed by atoms with Crippen LogP contribution in [0.2, 0.25) is 0 Å². The van der Waals surface area contributed by atoms with Crippen LogP contribution in [-0.2, 0) is 5.41 Å². The van der Waals surface area contributed by atoms with Gasteiger partial charge in [-0.1, -0.05) is 48.0 Å². The maximum atomic E-state index is 3.55. The Morgan fingerprint density at radius 1 is 1.15 bits per heavy atom. The second kappa shape index (κ2) is 3.83. The molecule has 0 unspecified atom stereocenters. The molecule has 72 valence electrons. The highest BCUT2D eigenvalue weighted by Gasteiger charge is 2.18. The molecule has 0 fully saturated rings. The van der Waals surface area contributed by atoms with Crippen molar-refractivity contribution in [2.45, 2.75) is 33.1 Å². The maximum Gasteiger partial charge on any atom is 0.0123 e. The van der Waals surface area contributed by atoms with Gasteiger partial charge in [0, 0.05) is 5.33 Å². The highest BCUT2D eigenvalue weighted by molar-refractivity contribution is 9.09. The molecule has 1 rings (SSSR count). The predicted octanol–water partition coefficient (Wildman–Crippen LogP) is 3.98. The van der Waals surface area contributed by atoms with Gasteiger partial charge in [0.25, 0.3) is 0 Å². The van der Waals surface area contributed by atoms with E-state index < -0.39 is 0 Å². The first kappa shape index (κ1) is 10.8. The lowest BCUT2D eigenvalue weighted by Gasteiger charge is -2.23. The zero-order valence-electron chi connectivity index (χ0n) is 8.82. The largest absolute Gasteiger partial charge is 0.0919 e. The van der Waals surface area contributed by atoms with E-state index in [1.807, 2.05) is 0 Å². The minimum atomic E-state index is 0.235. The molecular formula is C12H17Br. The first-order chi connectivity index (χ1) is 5.97. The normalized spacial score (nSPS) is 11.8. The number of benzene rings is 1. The molecule has 1 aromatic carbocycles. The van der Waals surface area contributed by atoms with Crippen LogP contribution in [0.4, 0.5) is 0 Å². The Kier molecular flexibility index (Phi) is 3.18. The van der Waals surface area contributed by atoms with E-state index in [1.54, 1.807) is 0 Å². The third-order valence-corrected chi connectivity index (χ3v) is 4.02. The summed E-state index contributed by atoms with van der Waals surface area (Å²) in [5, 5.41) is 1.00. The summed E-state index contributed by atoms with van der Waals surface area (Å²) in [5.41, 5.74) is 4.39. The Hall–Kier alpha value is -0.300. The molecule has 0 saturated heterocycles. The highest BCUT2D eigenvalue weighted by Crippen LogP contribution is 2.26. The minimum absolute atomic E-state index is 0.235. The van der Waals surface area contributed by atoms with Crippen LogP contribution in [0.5, 0.6) is 0 Å². The standard InChI is InChI=1S/C12H17Br/c1-9-5-6-11(7-10(9)2)12(3,4)8-13/h5-7H,8H2,1-4H3. The van der Waals surface area contributed by atoms with Gasteiger partial charge in [-0.2, -0.15) is 0 Å². The number of alkyl halides is 1. The summed E-state index contributed by atoms with van der Waals surface area (Å²) in [7, 11) is 0. The van der Waals surface area contributed by atoms with Crippen molar-refractivity contribution in [2.24, 2.45) is 0 Å². The lowest BCUT2D eigenvalue weighted by atomic mass is 9.85. The lowest BCUT2D eigenvalue weighted by molar-refractivity contribution is 0.606. The van der Waals surface area contributed by atoms with Gasteiger partial charge >= 0.3 is 0 Å². The summed E-state index contributed by atoms with van der Waals surface area (Å²) >= 11 is 3.55. The van der Waals surface area contributed by atoms with Crippen molar-refractivity contribution in [3.8, 4) is 0 Å². The topological polar surface area (TPSA) is 0 Å². The van der Waals surface area contributed by atoms with E-state index in [0.717, 1.165) is 5.33 Å². The van der Waals surface area contributed by atoms with Crippen LogP contribution >= 0.6 is 15.9 Å². The molecule has 0 atom stereocenters. The van der Waals surface area contributed by atoms with E-state index in [9.17, 15) is 0 Å². The van der Waals surface area contributed by atoms with Crippen LogP contribution in [0.15, 0.2) is 18.2 Å². The molecule has 0 aliphatic rings. The summed E-state index contributed by atoms with van der Waals surface area (Å²) < 4.78 is 0. The zero-order valence-corrected chi connectivity index (χ0v) is 10.4. The summed E-state index contributed by atoms with van der Waals surface area (Å²) in [5.74, 6) is 0. The molecular weight excluding hydrogens is 224 g/mol. The molecule has 13 heavy (non-hydrogen) atoms. The summed E-state index contributed by atoms with van der Waals surface area (Å²) in [6.07, 6.45) is 0. The summed E-state index contributed by atoms with van der Waals surface area (Å²) in [6.45, 7) is 8.83. The van der Waals surface area contributed by atoms with E-state index in [2.05, 4.69) is 61.8 Å². The second-order valence-electron chi connectivity index (χ2n) is 4.32. The van der Waals surface area contributed by atoms with Gasteiger partial charge in [-0.3, -0.25) is 0 Å². The summed E-state index contributed by atoms with van der Waals surface area (Å²) in [4.78, 5) is 0. The quantitative estimate of drug-likeness (QED) is 0.687. The van der Waals surface area contributed by atoms with Gasteiger partial charge in [0.05, 0.1) is 0 Å². The molecule has 1 aromatic rings. The van der Waals surface area contributed by atoms with Crippen LogP contribution in [0.1, 0.15) is 30.5 Å². The smallest absolute Gasteiger partial charge is 0.0123 e. The lowest BCUT2D eigenvalue weighted by Crippen LogP contribution is -2.18. The fraction of sp³-hybridized carbons (Fsp3) is 0.500. The highest BCUT2D eigenvalue weighted by atomic mass is 79.9. The Morgan fingerprint density at radius 3 is 2.23 bits per heavy atom. The van der Waals surface area contributed by atoms with Crippen molar-refractivity contribution in [2.75, 3.05) is 5.33 Å². The van der Waals surface area contributed by atoms with Crippen molar-refractivity contribution in [3.05, 3.63) is 34.9 Å². The molecule has 0 bridgehead atoms. The first-order valence-corrected chi connectivity index (χ1v) is 5.73. The molecule has 0 N–H and O–H groups in total. The van der Waals surface area contributed by atoms with Gasteiger partial charge in [0.1, 0.15) is 0 Å². The van der Waals surface area contributed by atoms with Crippen molar-refractivity contribution >= 4 is 15.9 Å². The number of halogens is 1. The number of hydrogen-bond acceptors (Lipinski definition) is 0. The van der Waals surface area contributed by atoms with Crippen molar-refractivity contribution in [3.63, 3.8) is 0 Å². The predicted molar refractivity (Wildman–Crippen MR) is 62.7 cm³/mol. The molecule has 0 nitrogen and oxygen atoms in total. The first-order valence-electron chi connectivity index (χ1n) is 4.61. The number of rotatable bonds is 2. The number of aryl methyl sites for hydroxylation is 2. The van der Waals surface area contributed by atoms with Crippen LogP contribution in [0, 0.1) is 13.8 Å². The average Bonchev–Trinajstić information content (AvgIpc) is 2.09. The summed E-state index contributed by atoms with van der Waals surface area (Å²) in [6, 6.07) is 6.72. The molecule has 0 saturated carbocycles. The van der Waals surface area contributed by atoms with E-state index in [4.69, 9.17) is 0 Å². The molecule has 0 aromatic heterocycles. The van der Waals surface area contributed by atoms with Gasteiger partial charge in [0.15, 0.2) is 0 Å². The molecule has 0 spiro atoms. The van der Waals surface area contributed by atoms with Crippen molar-refractivity contribution < 1.29 is 0 Å². The van der Waals surface area contributed by atoms with E-state index in [-0.39, 0.29) is 5.41 Å². The molecule has 0 amide bonds. The van der Waals surface area contributed by atoms with Gasteiger partial charge in [-0.05, 0) is 36.0 Å². The Labute approximate surface area is 89.5 Å². The SMILES string of the molecule is Cc1ccc(C(C)(C)CBr)cc1C. The molecule has 0 heterocycles. The molecule has 1 heteroatoms. The van der Waals surface area contributed by atoms with Gasteiger partial charge in [0.2, 0.25) is 0 Å². The van der Waals surface area contributed by atoms with Crippen molar-refractivity contribution in [1.29, 1.82) is 0 Å². The minimum Gasteiger partial charge on any atom is -0.0919 e. The van der Waals surface area contributed by atoms with Crippen LogP contribution < -0.4 is 0 Å². The van der Waals surface area contributed by atoms with Crippen LogP contribution in [0.25, 0.3) is 0 Å². The third-order valence-electron chi connectivity index (χ3n) is 2.62. The molecule has 0 aliphatic heterocycles. The third kappa shape index (κ3) is 2.34. The second-order valence-corrected chi connectivity index (χ2v) is 4.88. The fourth-order valence-corrected chi connectivity index (χ4v) is 1.56. The number of hydrogen-bond donors (Lipinski definition) is 0. The van der Waals surface area contributed by atoms with Gasteiger partial charge in [-0.25, -0.2) is 0 Å². The average molecular weight is 241 g/mol. The maximum absolute atomic E-state index is 3.55. The Bertz CT molecular complexity index is 300. The van der Waals surface area contributed by atoms with E-state index in [1.165, 1.54) is 16.7 Å². The molecule has 0 aliphatic carbocycles. The Balaban J connectivity index is 3.10. The zero-order chi connectivity index (χ0) is 10.1. The van der Waals surface area contributed by atoms with Gasteiger partial charge in [-0.15, -0.1) is 0 Å². The van der Waals surface area contributed by atoms with E-state index >= 15 is 0 Å². The van der Waals surface area contributed by atoms with E-state index in [0.29, 0.717) is 0 Å². The Morgan fingerprint density at radius 2 is 1.77 bits per heavy atom. The molecule has 0 radical (unpaired) electrons. The van der Waals surface area contributed by atoms with Crippen LogP contribution in [-0.4, -0.2) is 5.33 Å². The van der Waals surface area contributed by atoms with Gasteiger partial charge < -0.3 is 0 Å². The van der Waals surface area contributed by atoms with Crippen molar-refractivity contribution in [1.82, 2.24) is 0 Å².